The Hall–Kier alpha value is -4.34. The Morgan fingerprint density at radius 2 is 1.68 bits per heavy atom. The van der Waals surface area contributed by atoms with Gasteiger partial charge in [0.25, 0.3) is 5.91 Å². The van der Waals surface area contributed by atoms with Crippen LogP contribution in [0.4, 0.5) is 18.9 Å². The molecule has 0 spiro atoms. The number of carbonyl (C=O) groups is 4. The fraction of sp³-hybridized carbons (Fsp3) is 0.125. The maximum Gasteiger partial charge on any atom is 0.416 e. The van der Waals surface area contributed by atoms with Gasteiger partial charge >= 0.3 is 12.1 Å². The van der Waals surface area contributed by atoms with Crippen LogP contribution in [0.2, 0.25) is 0 Å². The van der Waals surface area contributed by atoms with Crippen molar-refractivity contribution in [2.45, 2.75) is 12.3 Å². The predicted octanol–water partition coefficient (Wildman–Crippen LogP) is 4.02. The number of hydrogen-bond donors (Lipinski definition) is 1. The lowest BCUT2D eigenvalue weighted by atomic mass is 9.85. The number of anilines is 1. The first-order valence-corrected chi connectivity index (χ1v) is 9.93. The summed E-state index contributed by atoms with van der Waals surface area (Å²) in [6.45, 7) is 0. The van der Waals surface area contributed by atoms with Crippen molar-refractivity contribution in [2.75, 3.05) is 5.32 Å². The minimum Gasteiger partial charge on any atom is -0.453 e. The number of fused-ring (bicyclic) bond motifs is 1. The highest BCUT2D eigenvalue weighted by atomic mass is 19.4. The van der Waals surface area contributed by atoms with E-state index < -0.39 is 47.2 Å². The van der Waals surface area contributed by atoms with Crippen LogP contribution in [0.5, 0.6) is 0 Å². The molecule has 0 aliphatic carbocycles. The lowest BCUT2D eigenvalue weighted by Gasteiger charge is -2.21. The average molecular weight is 468 g/mol. The van der Waals surface area contributed by atoms with E-state index >= 15 is 0 Å². The van der Waals surface area contributed by atoms with Crippen LogP contribution < -0.4 is 5.32 Å². The third-order valence-corrected chi connectivity index (χ3v) is 5.23. The molecule has 3 aromatic rings. The Labute approximate surface area is 190 Å². The molecule has 0 fully saturated rings. The van der Waals surface area contributed by atoms with Crippen LogP contribution >= 0.6 is 0 Å². The summed E-state index contributed by atoms with van der Waals surface area (Å²) in [7, 11) is 0. The van der Waals surface area contributed by atoms with E-state index in [4.69, 9.17) is 4.74 Å². The number of esters is 1. The van der Waals surface area contributed by atoms with Gasteiger partial charge in [-0.1, -0.05) is 24.3 Å². The van der Waals surface area contributed by atoms with Crippen molar-refractivity contribution in [1.29, 1.82) is 0 Å². The molecule has 1 aliphatic heterocycles. The highest BCUT2D eigenvalue weighted by Crippen LogP contribution is 2.38. The van der Waals surface area contributed by atoms with Crippen LogP contribution in [0.3, 0.4) is 0 Å². The number of aromatic nitrogens is 1. The molecule has 1 aliphatic rings. The standard InChI is InChI=1S/C24H15F3N2O5/c25-24(26,27)14-4-3-5-15(12-14)29-22(32)20(31)18(19(30)13-8-10-28-11-9-13)21-16-6-1-2-7-17(16)23(33)34-21/h1-12,18,21H,(H,29,32)/t18-,21+/m0/s1. The lowest BCUT2D eigenvalue weighted by molar-refractivity contribution is -0.138. The van der Waals surface area contributed by atoms with Gasteiger partial charge in [-0.3, -0.25) is 19.4 Å². The second-order valence-corrected chi connectivity index (χ2v) is 7.39. The monoisotopic (exact) mass is 468 g/mol. The fourth-order valence-corrected chi connectivity index (χ4v) is 3.62. The number of carbonyl (C=O) groups excluding carboxylic acids is 4. The molecule has 2 atom stereocenters. The van der Waals surface area contributed by atoms with Crippen LogP contribution in [0.1, 0.15) is 37.9 Å². The molecule has 0 bridgehead atoms. The van der Waals surface area contributed by atoms with Crippen LogP contribution in [-0.2, 0) is 20.5 Å². The summed E-state index contributed by atoms with van der Waals surface area (Å²) in [6, 6.07) is 12.5. The van der Waals surface area contributed by atoms with Crippen LogP contribution in [0.25, 0.3) is 0 Å². The fourth-order valence-electron chi connectivity index (χ4n) is 3.62. The Bertz CT molecular complexity index is 1290. The highest BCUT2D eigenvalue weighted by Gasteiger charge is 2.46. The zero-order chi connectivity index (χ0) is 24.5. The average Bonchev–Trinajstić information content (AvgIpc) is 3.15. The summed E-state index contributed by atoms with van der Waals surface area (Å²) >= 11 is 0. The van der Waals surface area contributed by atoms with Gasteiger partial charge in [0.2, 0.25) is 5.78 Å². The molecule has 1 N–H and O–H groups in total. The first kappa shape index (κ1) is 22.8. The number of amides is 1. The molecule has 10 heteroatoms. The molecular weight excluding hydrogens is 453 g/mol. The summed E-state index contributed by atoms with van der Waals surface area (Å²) in [5.41, 5.74) is -0.875. The van der Waals surface area contributed by atoms with Crippen molar-refractivity contribution in [1.82, 2.24) is 4.98 Å². The SMILES string of the molecule is O=C(Nc1cccc(C(F)(F)F)c1)C(=O)[C@H](C(=O)c1ccncc1)[C@@H]1OC(=O)c2ccccc21. The number of hydrogen-bond acceptors (Lipinski definition) is 6. The summed E-state index contributed by atoms with van der Waals surface area (Å²) in [5, 5.41) is 2.11. The van der Waals surface area contributed by atoms with E-state index in [1.54, 1.807) is 12.1 Å². The zero-order valence-electron chi connectivity index (χ0n) is 17.2. The Balaban J connectivity index is 1.68. The Morgan fingerprint density at radius 1 is 0.971 bits per heavy atom. The first-order valence-electron chi connectivity index (χ1n) is 9.93. The number of cyclic esters (lactones) is 1. The number of ether oxygens (including phenoxy) is 1. The largest absolute Gasteiger partial charge is 0.453 e. The van der Waals surface area contributed by atoms with Gasteiger partial charge in [0.05, 0.1) is 11.1 Å². The van der Waals surface area contributed by atoms with E-state index in [1.165, 1.54) is 42.7 Å². The van der Waals surface area contributed by atoms with Crippen LogP contribution in [-0.4, -0.2) is 28.4 Å². The summed E-state index contributed by atoms with van der Waals surface area (Å²) in [6.07, 6.45) is -3.42. The highest BCUT2D eigenvalue weighted by molar-refractivity contribution is 6.45. The number of rotatable bonds is 6. The number of nitrogens with one attached hydrogen (secondary N) is 1. The van der Waals surface area contributed by atoms with E-state index in [0.29, 0.717) is 6.07 Å². The minimum absolute atomic E-state index is 0.0423. The number of benzene rings is 2. The van der Waals surface area contributed by atoms with Crippen molar-refractivity contribution in [3.8, 4) is 0 Å². The summed E-state index contributed by atoms with van der Waals surface area (Å²) in [4.78, 5) is 55.3. The molecule has 4 rings (SSSR count). The third-order valence-electron chi connectivity index (χ3n) is 5.23. The van der Waals surface area contributed by atoms with Gasteiger partial charge in [-0.15, -0.1) is 0 Å². The summed E-state index contributed by atoms with van der Waals surface area (Å²) in [5.74, 6) is -5.93. The number of halogens is 3. The van der Waals surface area contributed by atoms with E-state index in [2.05, 4.69) is 10.3 Å². The predicted molar refractivity (Wildman–Crippen MR) is 112 cm³/mol. The molecule has 34 heavy (non-hydrogen) atoms. The molecule has 2 aromatic carbocycles. The number of Topliss-reactive ketones (excluding diaryl/α,β-unsaturated/α-hetero) is 2. The quantitative estimate of drug-likeness (QED) is 0.254. The maximum atomic E-state index is 13.3. The molecule has 0 unspecified atom stereocenters. The Kier molecular flexibility index (Phi) is 5.97. The Morgan fingerprint density at radius 3 is 2.38 bits per heavy atom. The van der Waals surface area contributed by atoms with Gasteiger partial charge < -0.3 is 10.1 Å². The molecular formula is C24H15F3N2O5. The van der Waals surface area contributed by atoms with Gasteiger partial charge in [0, 0.05) is 29.2 Å². The molecule has 2 heterocycles. The van der Waals surface area contributed by atoms with Crippen molar-refractivity contribution in [3.05, 3.63) is 95.3 Å². The first-order chi connectivity index (χ1) is 16.2. The molecule has 0 saturated heterocycles. The number of ketones is 2. The van der Waals surface area contributed by atoms with Gasteiger partial charge in [0.1, 0.15) is 12.0 Å². The van der Waals surface area contributed by atoms with Crippen molar-refractivity contribution < 1.29 is 37.1 Å². The van der Waals surface area contributed by atoms with E-state index in [0.717, 1.165) is 12.1 Å². The van der Waals surface area contributed by atoms with Crippen molar-refractivity contribution >= 4 is 29.1 Å². The second kappa shape index (κ2) is 8.89. The molecule has 0 radical (unpaired) electrons. The topological polar surface area (TPSA) is 102 Å². The van der Waals surface area contributed by atoms with Gasteiger partial charge in [0.15, 0.2) is 5.78 Å². The van der Waals surface area contributed by atoms with Gasteiger partial charge in [-0.05, 0) is 36.4 Å². The molecule has 1 aromatic heterocycles. The van der Waals surface area contributed by atoms with Crippen molar-refractivity contribution in [3.63, 3.8) is 0 Å². The van der Waals surface area contributed by atoms with E-state index in [1.807, 2.05) is 0 Å². The minimum atomic E-state index is -4.66. The number of nitrogens with zero attached hydrogens (tertiary/aromatic N) is 1. The number of pyridine rings is 1. The molecule has 172 valence electrons. The van der Waals surface area contributed by atoms with E-state index in [9.17, 15) is 32.3 Å². The second-order valence-electron chi connectivity index (χ2n) is 7.39. The zero-order valence-corrected chi connectivity index (χ0v) is 17.2. The van der Waals surface area contributed by atoms with Crippen LogP contribution in [0.15, 0.2) is 73.1 Å². The van der Waals surface area contributed by atoms with Crippen LogP contribution in [0, 0.1) is 5.92 Å². The molecule has 7 nitrogen and oxygen atoms in total. The van der Waals surface area contributed by atoms with E-state index in [-0.39, 0.29) is 22.4 Å². The number of alkyl halides is 3. The normalized spacial score (nSPS) is 15.7. The maximum absolute atomic E-state index is 13.3. The molecule has 1 amide bonds. The van der Waals surface area contributed by atoms with Gasteiger partial charge in [-0.2, -0.15) is 13.2 Å². The lowest BCUT2D eigenvalue weighted by Crippen LogP contribution is -2.38. The van der Waals surface area contributed by atoms with Crippen molar-refractivity contribution in [2.24, 2.45) is 5.92 Å². The third kappa shape index (κ3) is 4.42. The molecule has 0 saturated carbocycles. The summed E-state index contributed by atoms with van der Waals surface area (Å²) < 4.78 is 44.3. The van der Waals surface area contributed by atoms with Gasteiger partial charge in [-0.25, -0.2) is 4.79 Å². The smallest absolute Gasteiger partial charge is 0.416 e.